The summed E-state index contributed by atoms with van der Waals surface area (Å²) in [5.41, 5.74) is 0.380. The van der Waals surface area contributed by atoms with E-state index in [0.29, 0.717) is 5.69 Å². The van der Waals surface area contributed by atoms with E-state index >= 15 is 0 Å². The first kappa shape index (κ1) is 15.0. The van der Waals surface area contributed by atoms with Crippen molar-refractivity contribution in [2.24, 2.45) is 0 Å². The topological polar surface area (TPSA) is 129 Å². The van der Waals surface area contributed by atoms with E-state index in [9.17, 15) is 19.5 Å². The number of aromatic nitrogens is 1. The minimum atomic E-state index is -1.71. The number of hydrogen-bond acceptors (Lipinski definition) is 5. The summed E-state index contributed by atoms with van der Waals surface area (Å²) in [7, 11) is 0. The molecule has 0 aliphatic rings. The number of pyridine rings is 1. The number of anilines is 3. The zero-order valence-corrected chi connectivity index (χ0v) is 11.1. The summed E-state index contributed by atoms with van der Waals surface area (Å²) in [6, 6.07) is 7.63. The summed E-state index contributed by atoms with van der Waals surface area (Å²) in [5, 5.41) is 22.8. The predicted octanol–water partition coefficient (Wildman–Crippen LogP) is 1.55. The fourth-order valence-corrected chi connectivity index (χ4v) is 1.76. The molecule has 0 saturated carbocycles. The fourth-order valence-electron chi connectivity index (χ4n) is 1.76. The maximum absolute atomic E-state index is 11.4. The number of aromatic carboxylic acids is 1. The molecule has 1 heterocycles. The van der Waals surface area contributed by atoms with E-state index < -0.39 is 17.8 Å². The number of amides is 1. The molecule has 8 heteroatoms. The lowest BCUT2D eigenvalue weighted by Gasteiger charge is -2.13. The number of nitrogens with one attached hydrogen (secondary N) is 2. The van der Waals surface area contributed by atoms with Crippen molar-refractivity contribution in [1.82, 2.24) is 4.98 Å². The summed E-state index contributed by atoms with van der Waals surface area (Å²) in [5.74, 6) is -4.34. The van der Waals surface area contributed by atoms with Crippen LogP contribution < -0.4 is 10.6 Å². The first-order chi connectivity index (χ1) is 10.5. The van der Waals surface area contributed by atoms with Crippen LogP contribution in [0.15, 0.2) is 42.7 Å². The molecule has 8 nitrogen and oxygen atoms in total. The van der Waals surface area contributed by atoms with Gasteiger partial charge >= 0.3 is 17.8 Å². The number of rotatable bonds is 4. The second kappa shape index (κ2) is 6.35. The third kappa shape index (κ3) is 3.37. The van der Waals surface area contributed by atoms with Gasteiger partial charge in [-0.25, -0.2) is 9.59 Å². The van der Waals surface area contributed by atoms with Crippen LogP contribution in [0.4, 0.5) is 17.1 Å². The van der Waals surface area contributed by atoms with Crippen LogP contribution in [0.2, 0.25) is 0 Å². The lowest BCUT2D eigenvalue weighted by atomic mass is 10.1. The third-order valence-electron chi connectivity index (χ3n) is 2.66. The summed E-state index contributed by atoms with van der Waals surface area (Å²) in [6.07, 6.45) is 3.06. The maximum Gasteiger partial charge on any atom is 0.394 e. The Morgan fingerprint density at radius 3 is 2.32 bits per heavy atom. The number of hydrogen-bond donors (Lipinski definition) is 4. The number of carboxylic acids is 2. The number of aliphatic carboxylic acids is 1. The Balaban J connectivity index is 2.40. The molecule has 0 spiro atoms. The maximum atomic E-state index is 11.4. The van der Waals surface area contributed by atoms with Crippen LogP contribution >= 0.6 is 0 Å². The van der Waals surface area contributed by atoms with Gasteiger partial charge in [-0.1, -0.05) is 6.07 Å². The van der Waals surface area contributed by atoms with Crippen molar-refractivity contribution in [2.45, 2.75) is 0 Å². The molecule has 1 amide bonds. The lowest BCUT2D eigenvalue weighted by molar-refractivity contribution is -0.147. The molecule has 2 aromatic rings. The quantitative estimate of drug-likeness (QED) is 0.630. The molecule has 0 fully saturated rings. The van der Waals surface area contributed by atoms with Gasteiger partial charge in [0.1, 0.15) is 5.56 Å². The van der Waals surface area contributed by atoms with Gasteiger partial charge in [-0.3, -0.25) is 9.78 Å². The van der Waals surface area contributed by atoms with Crippen molar-refractivity contribution in [3.8, 4) is 0 Å². The van der Waals surface area contributed by atoms with Crippen molar-refractivity contribution in [1.29, 1.82) is 0 Å². The van der Waals surface area contributed by atoms with E-state index in [1.807, 2.05) is 5.32 Å². The molecular weight excluding hydrogens is 290 g/mol. The third-order valence-corrected chi connectivity index (χ3v) is 2.66. The first-order valence-corrected chi connectivity index (χ1v) is 6.06. The highest BCUT2D eigenvalue weighted by Gasteiger charge is 2.20. The monoisotopic (exact) mass is 301 g/mol. The van der Waals surface area contributed by atoms with Crippen molar-refractivity contribution in [3.63, 3.8) is 0 Å². The SMILES string of the molecule is O=C(O)C(=O)Nc1cccc(Nc2cccnc2)c1C(=O)O. The summed E-state index contributed by atoms with van der Waals surface area (Å²) in [4.78, 5) is 37.1. The van der Waals surface area contributed by atoms with Crippen molar-refractivity contribution >= 4 is 34.9 Å². The summed E-state index contributed by atoms with van der Waals surface area (Å²) >= 11 is 0. The Bertz CT molecular complexity index is 731. The van der Waals surface area contributed by atoms with Gasteiger partial charge in [0.15, 0.2) is 0 Å². The van der Waals surface area contributed by atoms with Crippen molar-refractivity contribution in [3.05, 3.63) is 48.3 Å². The van der Waals surface area contributed by atoms with Crippen LogP contribution in [0, 0.1) is 0 Å². The van der Waals surface area contributed by atoms with Gasteiger partial charge in [0.05, 0.1) is 23.3 Å². The Hall–Kier alpha value is -3.42. The normalized spacial score (nSPS) is 9.82. The van der Waals surface area contributed by atoms with Gasteiger partial charge in [0.2, 0.25) is 0 Å². The molecule has 1 aromatic carbocycles. The second-order valence-corrected chi connectivity index (χ2v) is 4.16. The average molecular weight is 301 g/mol. The minimum Gasteiger partial charge on any atom is -0.478 e. The van der Waals surface area contributed by atoms with Crippen LogP contribution in [0.5, 0.6) is 0 Å². The number of carbonyl (C=O) groups excluding carboxylic acids is 1. The largest absolute Gasteiger partial charge is 0.478 e. The molecule has 0 unspecified atom stereocenters. The molecule has 0 aliphatic heterocycles. The fraction of sp³-hybridized carbons (Fsp3) is 0. The summed E-state index contributed by atoms with van der Waals surface area (Å²) in [6.45, 7) is 0. The average Bonchev–Trinajstić information content (AvgIpc) is 2.48. The molecule has 22 heavy (non-hydrogen) atoms. The molecule has 0 aliphatic carbocycles. The molecule has 0 bridgehead atoms. The van der Waals surface area contributed by atoms with Gasteiger partial charge in [0.25, 0.3) is 0 Å². The van der Waals surface area contributed by atoms with Crippen LogP contribution in [0.1, 0.15) is 10.4 Å². The highest BCUT2D eigenvalue weighted by Crippen LogP contribution is 2.27. The van der Waals surface area contributed by atoms with Gasteiger partial charge in [-0.2, -0.15) is 0 Å². The number of benzene rings is 1. The second-order valence-electron chi connectivity index (χ2n) is 4.16. The molecule has 0 saturated heterocycles. The van der Waals surface area contributed by atoms with E-state index in [0.717, 1.165) is 0 Å². The number of nitrogens with zero attached hydrogens (tertiary/aromatic N) is 1. The van der Waals surface area contributed by atoms with Gasteiger partial charge in [-0.15, -0.1) is 0 Å². The van der Waals surface area contributed by atoms with Gasteiger partial charge in [-0.05, 0) is 24.3 Å². The van der Waals surface area contributed by atoms with E-state index in [4.69, 9.17) is 5.11 Å². The van der Waals surface area contributed by atoms with E-state index in [1.165, 1.54) is 24.4 Å². The van der Waals surface area contributed by atoms with Crippen molar-refractivity contribution in [2.75, 3.05) is 10.6 Å². The van der Waals surface area contributed by atoms with Crippen LogP contribution in [0.25, 0.3) is 0 Å². The molecule has 4 N–H and O–H groups in total. The molecule has 0 atom stereocenters. The highest BCUT2D eigenvalue weighted by molar-refractivity contribution is 6.37. The zero-order chi connectivity index (χ0) is 16.1. The van der Waals surface area contributed by atoms with E-state index in [2.05, 4.69) is 10.3 Å². The van der Waals surface area contributed by atoms with E-state index in [1.54, 1.807) is 18.3 Å². The molecular formula is C14H11N3O5. The zero-order valence-electron chi connectivity index (χ0n) is 11.1. The molecule has 2 rings (SSSR count). The highest BCUT2D eigenvalue weighted by atomic mass is 16.4. The van der Waals surface area contributed by atoms with Gasteiger partial charge < -0.3 is 20.8 Å². The molecule has 112 valence electrons. The lowest BCUT2D eigenvalue weighted by Crippen LogP contribution is -2.23. The molecule has 1 aromatic heterocycles. The molecule has 0 radical (unpaired) electrons. The van der Waals surface area contributed by atoms with E-state index in [-0.39, 0.29) is 16.9 Å². The standard InChI is InChI=1S/C14H11N3O5/c18-12(14(21)22)17-10-5-1-4-9(11(10)13(19)20)16-8-3-2-6-15-7-8/h1-7,16H,(H,17,18)(H,19,20)(H,21,22). The summed E-state index contributed by atoms with van der Waals surface area (Å²) < 4.78 is 0. The minimum absolute atomic E-state index is 0.117. The van der Waals surface area contributed by atoms with Crippen molar-refractivity contribution < 1.29 is 24.6 Å². The Morgan fingerprint density at radius 2 is 1.73 bits per heavy atom. The van der Waals surface area contributed by atoms with Crippen LogP contribution in [-0.2, 0) is 9.59 Å². The predicted molar refractivity (Wildman–Crippen MR) is 77.2 cm³/mol. The van der Waals surface area contributed by atoms with Gasteiger partial charge in [0, 0.05) is 6.20 Å². The number of carbonyl (C=O) groups is 3. The Morgan fingerprint density at radius 1 is 1.00 bits per heavy atom. The number of carboxylic acid groups (broad SMARTS) is 2. The van der Waals surface area contributed by atoms with Crippen LogP contribution in [-0.4, -0.2) is 33.0 Å². The van der Waals surface area contributed by atoms with Crippen LogP contribution in [0.3, 0.4) is 0 Å². The Labute approximate surface area is 124 Å². The Kier molecular flexibility index (Phi) is 4.33. The smallest absolute Gasteiger partial charge is 0.394 e. The first-order valence-electron chi connectivity index (χ1n) is 6.06.